The second kappa shape index (κ2) is 4.47. The molecule has 0 aliphatic carbocycles. The molecule has 1 aliphatic rings. The lowest BCUT2D eigenvalue weighted by Crippen LogP contribution is -2.44. The van der Waals surface area contributed by atoms with Gasteiger partial charge in [-0.15, -0.1) is 13.2 Å². The minimum atomic E-state index is -0.947. The first kappa shape index (κ1) is 12.4. The molecule has 0 unspecified atom stereocenters. The van der Waals surface area contributed by atoms with Crippen molar-refractivity contribution in [2.75, 3.05) is 6.61 Å². The van der Waals surface area contributed by atoms with Crippen LogP contribution in [0.5, 0.6) is 0 Å². The minimum Gasteiger partial charge on any atom is -0.386 e. The molecule has 0 aromatic carbocycles. The van der Waals surface area contributed by atoms with Crippen LogP contribution in [0.1, 0.15) is 26.7 Å². The Labute approximate surface area is 91.4 Å². The predicted octanol–water partition coefficient (Wildman–Crippen LogP) is 2.02. The fourth-order valence-corrected chi connectivity index (χ4v) is 1.80. The summed E-state index contributed by atoms with van der Waals surface area (Å²) in [6, 6.07) is 0. The second-order valence-corrected chi connectivity index (χ2v) is 4.41. The monoisotopic (exact) mass is 212 g/mol. The molecule has 0 amide bonds. The third-order valence-corrected chi connectivity index (χ3v) is 2.60. The van der Waals surface area contributed by atoms with Gasteiger partial charge >= 0.3 is 0 Å². The molecule has 3 nitrogen and oxygen atoms in total. The van der Waals surface area contributed by atoms with Crippen LogP contribution in [0, 0.1) is 0 Å². The highest BCUT2D eigenvalue weighted by Crippen LogP contribution is 2.33. The molecule has 1 rings (SSSR count). The lowest BCUT2D eigenvalue weighted by atomic mass is 9.89. The average molecular weight is 212 g/mol. The van der Waals surface area contributed by atoms with Crippen molar-refractivity contribution in [2.45, 2.75) is 44.2 Å². The van der Waals surface area contributed by atoms with Gasteiger partial charge in [-0.2, -0.15) is 0 Å². The zero-order chi connectivity index (χ0) is 11.5. The average Bonchev–Trinajstić information content (AvgIpc) is 2.47. The third-order valence-electron chi connectivity index (χ3n) is 2.60. The number of hydrogen-bond acceptors (Lipinski definition) is 3. The zero-order valence-corrected chi connectivity index (χ0v) is 9.53. The van der Waals surface area contributed by atoms with Crippen LogP contribution in [0.4, 0.5) is 0 Å². The molecule has 1 fully saturated rings. The van der Waals surface area contributed by atoms with Crippen molar-refractivity contribution in [1.29, 1.82) is 0 Å². The van der Waals surface area contributed by atoms with Crippen molar-refractivity contribution in [3.63, 3.8) is 0 Å². The quantitative estimate of drug-likeness (QED) is 0.709. The Morgan fingerprint density at radius 3 is 2.27 bits per heavy atom. The number of rotatable bonds is 5. The van der Waals surface area contributed by atoms with E-state index in [-0.39, 0.29) is 6.10 Å². The molecule has 15 heavy (non-hydrogen) atoms. The van der Waals surface area contributed by atoms with E-state index in [1.807, 2.05) is 13.8 Å². The SMILES string of the molecule is C=CCC(O)(CC=C)[C@H]1COC(C)(C)O1. The molecule has 1 N–H and O–H groups in total. The Morgan fingerprint density at radius 1 is 1.40 bits per heavy atom. The Bertz CT molecular complexity index is 235. The Hall–Kier alpha value is -0.640. The van der Waals surface area contributed by atoms with E-state index >= 15 is 0 Å². The van der Waals surface area contributed by atoms with Crippen molar-refractivity contribution in [3.05, 3.63) is 25.3 Å². The standard InChI is InChI=1S/C12H20O3/c1-5-7-12(13,8-6-2)10-9-14-11(3,4)15-10/h5-6,10,13H,1-2,7-9H2,3-4H3/t10-/m1/s1. The van der Waals surface area contributed by atoms with Gasteiger partial charge in [-0.3, -0.25) is 0 Å². The summed E-state index contributed by atoms with van der Waals surface area (Å²) >= 11 is 0. The number of aliphatic hydroxyl groups is 1. The zero-order valence-electron chi connectivity index (χ0n) is 9.53. The normalized spacial score (nSPS) is 25.1. The van der Waals surface area contributed by atoms with Gasteiger partial charge in [0.2, 0.25) is 0 Å². The first-order valence-corrected chi connectivity index (χ1v) is 5.19. The summed E-state index contributed by atoms with van der Waals surface area (Å²) in [5, 5.41) is 10.4. The summed E-state index contributed by atoms with van der Waals surface area (Å²) < 4.78 is 11.1. The van der Waals surface area contributed by atoms with Crippen molar-refractivity contribution >= 4 is 0 Å². The molecule has 0 saturated carbocycles. The molecular formula is C12H20O3. The van der Waals surface area contributed by atoms with E-state index in [1.54, 1.807) is 12.2 Å². The molecule has 0 radical (unpaired) electrons. The van der Waals surface area contributed by atoms with Crippen LogP contribution in [0.15, 0.2) is 25.3 Å². The summed E-state index contributed by atoms with van der Waals surface area (Å²) in [6.07, 6.45) is 4.02. The van der Waals surface area contributed by atoms with Crippen LogP contribution in [0.3, 0.4) is 0 Å². The Morgan fingerprint density at radius 2 is 1.93 bits per heavy atom. The van der Waals surface area contributed by atoms with E-state index in [1.165, 1.54) is 0 Å². The maximum atomic E-state index is 10.4. The van der Waals surface area contributed by atoms with Gasteiger partial charge in [-0.05, 0) is 26.7 Å². The van der Waals surface area contributed by atoms with Gasteiger partial charge in [0.15, 0.2) is 5.79 Å². The van der Waals surface area contributed by atoms with Gasteiger partial charge in [0.05, 0.1) is 12.2 Å². The first-order chi connectivity index (χ1) is 6.93. The third kappa shape index (κ3) is 2.91. The van der Waals surface area contributed by atoms with Crippen molar-refractivity contribution in [3.8, 4) is 0 Å². The molecule has 0 aromatic heterocycles. The molecular weight excluding hydrogens is 192 g/mol. The number of hydrogen-bond donors (Lipinski definition) is 1. The topological polar surface area (TPSA) is 38.7 Å². The lowest BCUT2D eigenvalue weighted by Gasteiger charge is -2.31. The second-order valence-electron chi connectivity index (χ2n) is 4.41. The maximum absolute atomic E-state index is 10.4. The molecule has 0 spiro atoms. The minimum absolute atomic E-state index is 0.316. The Kier molecular flexibility index (Phi) is 3.71. The summed E-state index contributed by atoms with van der Waals surface area (Å²) in [6.45, 7) is 11.4. The molecule has 1 saturated heterocycles. The molecule has 0 aromatic rings. The Balaban J connectivity index is 2.73. The van der Waals surface area contributed by atoms with Crippen LogP contribution in [-0.2, 0) is 9.47 Å². The highest BCUT2D eigenvalue weighted by Gasteiger charge is 2.44. The molecule has 1 heterocycles. The smallest absolute Gasteiger partial charge is 0.163 e. The van der Waals surface area contributed by atoms with Crippen molar-refractivity contribution in [2.24, 2.45) is 0 Å². The molecule has 0 bridgehead atoms. The van der Waals surface area contributed by atoms with Gasteiger partial charge in [0, 0.05) is 0 Å². The van der Waals surface area contributed by atoms with Crippen LogP contribution in [0.2, 0.25) is 0 Å². The summed E-state index contributed by atoms with van der Waals surface area (Å²) in [5.41, 5.74) is -0.947. The number of ether oxygens (including phenoxy) is 2. The lowest BCUT2D eigenvalue weighted by molar-refractivity contribution is -0.169. The van der Waals surface area contributed by atoms with E-state index in [9.17, 15) is 5.11 Å². The van der Waals surface area contributed by atoms with Crippen LogP contribution in [-0.4, -0.2) is 29.2 Å². The van der Waals surface area contributed by atoms with Crippen molar-refractivity contribution in [1.82, 2.24) is 0 Å². The molecule has 3 heteroatoms. The molecule has 86 valence electrons. The van der Waals surface area contributed by atoms with Gasteiger partial charge in [-0.25, -0.2) is 0 Å². The van der Waals surface area contributed by atoms with Gasteiger partial charge < -0.3 is 14.6 Å². The summed E-state index contributed by atoms with van der Waals surface area (Å²) in [4.78, 5) is 0. The van der Waals surface area contributed by atoms with E-state index in [4.69, 9.17) is 9.47 Å². The van der Waals surface area contributed by atoms with E-state index in [0.717, 1.165) is 0 Å². The van der Waals surface area contributed by atoms with Crippen LogP contribution < -0.4 is 0 Å². The van der Waals surface area contributed by atoms with Crippen LogP contribution >= 0.6 is 0 Å². The largest absolute Gasteiger partial charge is 0.386 e. The van der Waals surface area contributed by atoms with Crippen molar-refractivity contribution < 1.29 is 14.6 Å². The maximum Gasteiger partial charge on any atom is 0.163 e. The fourth-order valence-electron chi connectivity index (χ4n) is 1.80. The summed E-state index contributed by atoms with van der Waals surface area (Å²) in [5.74, 6) is -0.610. The fraction of sp³-hybridized carbons (Fsp3) is 0.667. The van der Waals surface area contributed by atoms with E-state index < -0.39 is 11.4 Å². The first-order valence-electron chi connectivity index (χ1n) is 5.19. The van der Waals surface area contributed by atoms with Crippen LogP contribution in [0.25, 0.3) is 0 Å². The summed E-state index contributed by atoms with van der Waals surface area (Å²) in [7, 11) is 0. The van der Waals surface area contributed by atoms with Gasteiger partial charge in [-0.1, -0.05) is 12.2 Å². The predicted molar refractivity (Wildman–Crippen MR) is 59.5 cm³/mol. The molecule has 1 aliphatic heterocycles. The van der Waals surface area contributed by atoms with E-state index in [2.05, 4.69) is 13.2 Å². The molecule has 1 atom stereocenters. The van der Waals surface area contributed by atoms with Gasteiger partial charge in [0.25, 0.3) is 0 Å². The van der Waals surface area contributed by atoms with Gasteiger partial charge in [0.1, 0.15) is 6.10 Å². The highest BCUT2D eigenvalue weighted by atomic mass is 16.7. The van der Waals surface area contributed by atoms with E-state index in [0.29, 0.717) is 19.4 Å². The highest BCUT2D eigenvalue weighted by molar-refractivity contribution is 4.99.